The van der Waals surface area contributed by atoms with Crippen LogP contribution in [-0.4, -0.2) is 24.6 Å². The molecule has 0 spiro atoms. The Morgan fingerprint density at radius 2 is 2.14 bits per heavy atom. The van der Waals surface area contributed by atoms with Crippen LogP contribution in [0.15, 0.2) is 53.3 Å². The number of anilines is 2. The highest BCUT2D eigenvalue weighted by molar-refractivity contribution is 6.17. The standard InChI is InChI=1S/C22H18ClN3O3/c1-27-19-10-16-18(11-20(19)28-8-3-7-23)25-13-15(12-24)21(16)26-17-5-2-4-14-6-9-29-22(14)17/h2,4-6,9-11,13H,3,7-8H2,1H3,(H,25,26). The first-order chi connectivity index (χ1) is 14.2. The molecular weight excluding hydrogens is 390 g/mol. The topological polar surface area (TPSA) is 80.3 Å². The van der Waals surface area contributed by atoms with Gasteiger partial charge in [0.25, 0.3) is 0 Å². The third kappa shape index (κ3) is 3.65. The van der Waals surface area contributed by atoms with Gasteiger partial charge in [-0.1, -0.05) is 12.1 Å². The van der Waals surface area contributed by atoms with E-state index >= 15 is 0 Å². The van der Waals surface area contributed by atoms with Crippen LogP contribution in [0.2, 0.25) is 0 Å². The van der Waals surface area contributed by atoms with E-state index in [2.05, 4.69) is 16.4 Å². The number of pyridine rings is 1. The summed E-state index contributed by atoms with van der Waals surface area (Å²) in [5, 5.41) is 14.7. The third-order valence-corrected chi connectivity index (χ3v) is 4.82. The maximum absolute atomic E-state index is 9.63. The van der Waals surface area contributed by atoms with Crippen molar-refractivity contribution < 1.29 is 13.9 Å². The molecule has 2 aromatic heterocycles. The van der Waals surface area contributed by atoms with Gasteiger partial charge in [-0.05, 0) is 24.6 Å². The number of furan rings is 1. The van der Waals surface area contributed by atoms with Crippen molar-refractivity contribution >= 4 is 44.8 Å². The van der Waals surface area contributed by atoms with Crippen LogP contribution >= 0.6 is 11.6 Å². The van der Waals surface area contributed by atoms with Crippen LogP contribution in [0.4, 0.5) is 11.4 Å². The first-order valence-corrected chi connectivity index (χ1v) is 9.61. The molecule has 0 amide bonds. The number of ether oxygens (including phenoxy) is 2. The van der Waals surface area contributed by atoms with Gasteiger partial charge >= 0.3 is 0 Å². The van der Waals surface area contributed by atoms with Gasteiger partial charge in [0, 0.05) is 28.9 Å². The Morgan fingerprint density at radius 3 is 2.93 bits per heavy atom. The second kappa shape index (κ2) is 8.29. The normalized spacial score (nSPS) is 10.8. The van der Waals surface area contributed by atoms with E-state index in [0.29, 0.717) is 46.3 Å². The van der Waals surface area contributed by atoms with Gasteiger partial charge in [0.1, 0.15) is 6.07 Å². The van der Waals surface area contributed by atoms with Gasteiger partial charge in [-0.25, -0.2) is 0 Å². The molecule has 4 aromatic rings. The number of hydrogen-bond donors (Lipinski definition) is 1. The Morgan fingerprint density at radius 1 is 1.24 bits per heavy atom. The van der Waals surface area contributed by atoms with Crippen molar-refractivity contribution in [2.75, 3.05) is 24.9 Å². The predicted octanol–water partition coefficient (Wildman–Crippen LogP) is 5.61. The van der Waals surface area contributed by atoms with Gasteiger partial charge < -0.3 is 19.2 Å². The molecular formula is C22H18ClN3O3. The fraction of sp³-hybridized carbons (Fsp3) is 0.182. The number of nitrogens with zero attached hydrogens (tertiary/aromatic N) is 2. The number of nitrogens with one attached hydrogen (secondary N) is 1. The van der Waals surface area contributed by atoms with Crippen molar-refractivity contribution in [2.45, 2.75) is 6.42 Å². The minimum atomic E-state index is 0.416. The molecule has 4 rings (SSSR count). The van der Waals surface area contributed by atoms with Gasteiger partial charge in [-0.2, -0.15) is 5.26 Å². The first-order valence-electron chi connectivity index (χ1n) is 9.08. The van der Waals surface area contributed by atoms with E-state index in [0.717, 1.165) is 22.9 Å². The number of aromatic nitrogens is 1. The predicted molar refractivity (Wildman–Crippen MR) is 113 cm³/mol. The fourth-order valence-corrected chi connectivity index (χ4v) is 3.26. The van der Waals surface area contributed by atoms with Gasteiger partial charge in [-0.15, -0.1) is 11.6 Å². The number of methoxy groups -OCH3 is 1. The zero-order valence-electron chi connectivity index (χ0n) is 15.7. The van der Waals surface area contributed by atoms with Crippen molar-refractivity contribution in [3.63, 3.8) is 0 Å². The van der Waals surface area contributed by atoms with Gasteiger partial charge in [-0.3, -0.25) is 4.98 Å². The van der Waals surface area contributed by atoms with Crippen molar-refractivity contribution in [1.29, 1.82) is 5.26 Å². The molecule has 0 aliphatic rings. The van der Waals surface area contributed by atoms with Gasteiger partial charge in [0.05, 0.1) is 42.4 Å². The SMILES string of the molecule is COc1cc2c(Nc3cccc4ccoc34)c(C#N)cnc2cc1OCCCCl. The number of hydrogen-bond acceptors (Lipinski definition) is 6. The molecule has 0 bridgehead atoms. The van der Waals surface area contributed by atoms with Crippen LogP contribution in [0.3, 0.4) is 0 Å². The Labute approximate surface area is 172 Å². The van der Waals surface area contributed by atoms with Crippen molar-refractivity contribution in [2.24, 2.45) is 0 Å². The number of fused-ring (bicyclic) bond motifs is 2. The maximum atomic E-state index is 9.63. The highest BCUT2D eigenvalue weighted by Crippen LogP contribution is 2.38. The summed E-state index contributed by atoms with van der Waals surface area (Å²) < 4.78 is 16.9. The van der Waals surface area contributed by atoms with Crippen molar-refractivity contribution in [1.82, 2.24) is 4.98 Å². The number of rotatable bonds is 7. The van der Waals surface area contributed by atoms with Crippen LogP contribution in [0.1, 0.15) is 12.0 Å². The molecule has 146 valence electrons. The minimum absolute atomic E-state index is 0.416. The average molecular weight is 408 g/mol. The zero-order valence-corrected chi connectivity index (χ0v) is 16.5. The first kappa shape index (κ1) is 18.9. The van der Waals surface area contributed by atoms with E-state index < -0.39 is 0 Å². The molecule has 2 heterocycles. The Kier molecular flexibility index (Phi) is 5.41. The lowest BCUT2D eigenvalue weighted by atomic mass is 10.1. The van der Waals surface area contributed by atoms with Gasteiger partial charge in [0.15, 0.2) is 17.1 Å². The van der Waals surface area contributed by atoms with Crippen molar-refractivity contribution in [3.8, 4) is 17.6 Å². The smallest absolute Gasteiger partial charge is 0.163 e. The van der Waals surface area contributed by atoms with E-state index in [1.165, 1.54) is 0 Å². The molecule has 0 atom stereocenters. The summed E-state index contributed by atoms with van der Waals surface area (Å²) in [4.78, 5) is 4.42. The molecule has 0 fully saturated rings. The largest absolute Gasteiger partial charge is 0.493 e. The molecule has 0 saturated carbocycles. The lowest BCUT2D eigenvalue weighted by Crippen LogP contribution is -2.02. The molecule has 29 heavy (non-hydrogen) atoms. The van der Waals surface area contributed by atoms with E-state index in [1.807, 2.05) is 36.4 Å². The number of para-hydroxylation sites is 1. The van der Waals surface area contributed by atoms with E-state index in [9.17, 15) is 5.26 Å². The molecule has 0 aliphatic heterocycles. The third-order valence-electron chi connectivity index (χ3n) is 4.55. The molecule has 1 N–H and O–H groups in total. The van der Waals surface area contributed by atoms with E-state index in [-0.39, 0.29) is 0 Å². The van der Waals surface area contributed by atoms with Crippen LogP contribution < -0.4 is 14.8 Å². The van der Waals surface area contributed by atoms with Gasteiger partial charge in [0.2, 0.25) is 0 Å². The van der Waals surface area contributed by atoms with Crippen LogP contribution in [-0.2, 0) is 0 Å². The molecule has 2 aromatic carbocycles. The average Bonchev–Trinajstić information content (AvgIpc) is 3.23. The summed E-state index contributed by atoms with van der Waals surface area (Å²) in [7, 11) is 1.58. The summed E-state index contributed by atoms with van der Waals surface area (Å²) in [6.45, 7) is 0.479. The van der Waals surface area contributed by atoms with Crippen LogP contribution in [0.25, 0.3) is 21.9 Å². The molecule has 0 unspecified atom stereocenters. The minimum Gasteiger partial charge on any atom is -0.493 e. The lowest BCUT2D eigenvalue weighted by molar-refractivity contribution is 0.295. The quantitative estimate of drug-likeness (QED) is 0.316. The Bertz CT molecular complexity index is 1210. The number of alkyl halides is 1. The lowest BCUT2D eigenvalue weighted by Gasteiger charge is -2.15. The second-order valence-electron chi connectivity index (χ2n) is 6.34. The summed E-state index contributed by atoms with van der Waals surface area (Å²) in [5.41, 5.74) is 3.21. The highest BCUT2D eigenvalue weighted by atomic mass is 35.5. The number of halogens is 1. The Hall–Kier alpha value is -3.43. The van der Waals surface area contributed by atoms with Crippen LogP contribution in [0, 0.1) is 11.3 Å². The summed E-state index contributed by atoms with van der Waals surface area (Å²) in [6.07, 6.45) is 3.91. The number of benzene rings is 2. The van der Waals surface area contributed by atoms with Crippen molar-refractivity contribution in [3.05, 3.63) is 54.4 Å². The summed E-state index contributed by atoms with van der Waals surface area (Å²) in [6, 6.07) is 13.5. The molecule has 0 aliphatic carbocycles. The fourth-order valence-electron chi connectivity index (χ4n) is 3.15. The zero-order chi connectivity index (χ0) is 20.2. The highest BCUT2D eigenvalue weighted by Gasteiger charge is 2.16. The molecule has 0 radical (unpaired) electrons. The molecule has 0 saturated heterocycles. The van der Waals surface area contributed by atoms with Crippen LogP contribution in [0.5, 0.6) is 11.5 Å². The molecule has 7 heteroatoms. The summed E-state index contributed by atoms with van der Waals surface area (Å²) in [5.74, 6) is 1.66. The Balaban J connectivity index is 1.83. The molecule has 6 nitrogen and oxygen atoms in total. The number of nitriles is 1. The summed E-state index contributed by atoms with van der Waals surface area (Å²) >= 11 is 5.73. The monoisotopic (exact) mass is 407 g/mol. The maximum Gasteiger partial charge on any atom is 0.163 e. The van der Waals surface area contributed by atoms with E-state index in [1.54, 1.807) is 19.6 Å². The van der Waals surface area contributed by atoms with E-state index in [4.69, 9.17) is 25.5 Å². The second-order valence-corrected chi connectivity index (χ2v) is 6.72.